The van der Waals surface area contributed by atoms with Gasteiger partial charge in [-0.05, 0) is 49.3 Å². The van der Waals surface area contributed by atoms with Crippen molar-refractivity contribution in [3.63, 3.8) is 0 Å². The summed E-state index contributed by atoms with van der Waals surface area (Å²) in [5, 5.41) is 0. The number of nitrogens with zero attached hydrogens (tertiary/aromatic N) is 1. The first kappa shape index (κ1) is 13.8. The van der Waals surface area contributed by atoms with Gasteiger partial charge in [-0.3, -0.25) is 4.90 Å². The van der Waals surface area contributed by atoms with Gasteiger partial charge < -0.3 is 10.5 Å². The molecule has 0 aliphatic heterocycles. The lowest BCUT2D eigenvalue weighted by Crippen LogP contribution is -2.35. The first-order chi connectivity index (χ1) is 9.67. The molecule has 0 aromatic heterocycles. The number of hydrogen-bond acceptors (Lipinski definition) is 3. The predicted octanol–water partition coefficient (Wildman–Crippen LogP) is 2.71. The maximum absolute atomic E-state index is 13.7. The van der Waals surface area contributed by atoms with Crippen LogP contribution in [0.3, 0.4) is 0 Å². The quantitative estimate of drug-likeness (QED) is 0.833. The average Bonchev–Trinajstić information content (AvgIpc) is 3.30. The Morgan fingerprint density at radius 1 is 1.35 bits per heavy atom. The van der Waals surface area contributed by atoms with E-state index >= 15 is 0 Å². The molecule has 0 saturated heterocycles. The van der Waals surface area contributed by atoms with Crippen LogP contribution in [0.15, 0.2) is 18.2 Å². The van der Waals surface area contributed by atoms with Crippen molar-refractivity contribution in [2.24, 2.45) is 11.7 Å². The molecular formula is C16H23FN2O. The average molecular weight is 278 g/mol. The highest BCUT2D eigenvalue weighted by Gasteiger charge is 2.34. The van der Waals surface area contributed by atoms with Gasteiger partial charge in [0.1, 0.15) is 0 Å². The fourth-order valence-corrected chi connectivity index (χ4v) is 2.72. The van der Waals surface area contributed by atoms with E-state index in [1.54, 1.807) is 6.07 Å². The second-order valence-electron chi connectivity index (χ2n) is 6.13. The van der Waals surface area contributed by atoms with Gasteiger partial charge in [-0.2, -0.15) is 0 Å². The minimum absolute atomic E-state index is 0.130. The Kier molecular flexibility index (Phi) is 3.94. The molecule has 2 aliphatic carbocycles. The van der Waals surface area contributed by atoms with Gasteiger partial charge in [0.15, 0.2) is 11.6 Å². The largest absolute Gasteiger partial charge is 0.494 e. The van der Waals surface area contributed by atoms with E-state index in [1.165, 1.54) is 38.9 Å². The summed E-state index contributed by atoms with van der Waals surface area (Å²) in [6.45, 7) is 1.99. The Labute approximate surface area is 119 Å². The molecule has 0 spiro atoms. The molecule has 1 aromatic rings. The third kappa shape index (κ3) is 3.30. The lowest BCUT2D eigenvalue weighted by Gasteiger charge is -2.25. The van der Waals surface area contributed by atoms with Crippen LogP contribution in [0.1, 0.15) is 37.3 Å². The molecule has 2 aliphatic rings. The van der Waals surface area contributed by atoms with Crippen LogP contribution < -0.4 is 10.5 Å². The van der Waals surface area contributed by atoms with Crippen molar-refractivity contribution >= 4 is 0 Å². The first-order valence-electron chi connectivity index (χ1n) is 7.50. The minimum Gasteiger partial charge on any atom is -0.494 e. The van der Waals surface area contributed by atoms with E-state index in [0.717, 1.165) is 24.6 Å². The van der Waals surface area contributed by atoms with Gasteiger partial charge in [-0.15, -0.1) is 0 Å². The van der Waals surface area contributed by atoms with Gasteiger partial charge in [0.25, 0.3) is 0 Å². The minimum atomic E-state index is -0.333. The van der Waals surface area contributed by atoms with E-state index in [0.29, 0.717) is 6.04 Å². The molecular weight excluding hydrogens is 255 g/mol. The zero-order valence-corrected chi connectivity index (χ0v) is 12.0. The molecule has 2 saturated carbocycles. The smallest absolute Gasteiger partial charge is 0.165 e. The highest BCUT2D eigenvalue weighted by molar-refractivity contribution is 5.31. The number of hydrogen-bond donors (Lipinski definition) is 1. The maximum atomic E-state index is 13.7. The van der Waals surface area contributed by atoms with E-state index in [2.05, 4.69) is 4.90 Å². The molecule has 0 radical (unpaired) electrons. The molecule has 2 fully saturated rings. The Morgan fingerprint density at radius 2 is 2.10 bits per heavy atom. The van der Waals surface area contributed by atoms with Crippen molar-refractivity contribution in [2.45, 2.75) is 37.8 Å². The zero-order chi connectivity index (χ0) is 14.1. The molecule has 1 unspecified atom stereocenters. The summed E-state index contributed by atoms with van der Waals surface area (Å²) in [5.41, 5.74) is 7.12. The number of benzene rings is 1. The molecule has 0 heterocycles. The highest BCUT2D eigenvalue weighted by atomic mass is 19.1. The molecule has 110 valence electrons. The van der Waals surface area contributed by atoms with Crippen molar-refractivity contribution in [1.29, 1.82) is 0 Å². The summed E-state index contributed by atoms with van der Waals surface area (Å²) < 4.78 is 18.7. The van der Waals surface area contributed by atoms with Crippen molar-refractivity contribution < 1.29 is 9.13 Å². The Bertz CT molecular complexity index is 472. The van der Waals surface area contributed by atoms with Gasteiger partial charge in [0, 0.05) is 25.2 Å². The monoisotopic (exact) mass is 278 g/mol. The Balaban J connectivity index is 1.64. The Morgan fingerprint density at radius 3 is 2.65 bits per heavy atom. The topological polar surface area (TPSA) is 38.5 Å². The lowest BCUT2D eigenvalue weighted by molar-refractivity contribution is 0.237. The van der Waals surface area contributed by atoms with Crippen LogP contribution >= 0.6 is 0 Å². The fraction of sp³-hybridized carbons (Fsp3) is 0.625. The number of ether oxygens (including phenoxy) is 1. The van der Waals surface area contributed by atoms with Gasteiger partial charge in [0.2, 0.25) is 0 Å². The van der Waals surface area contributed by atoms with Crippen molar-refractivity contribution in [3.8, 4) is 5.75 Å². The van der Waals surface area contributed by atoms with E-state index in [4.69, 9.17) is 10.5 Å². The van der Waals surface area contributed by atoms with E-state index in [9.17, 15) is 4.39 Å². The molecule has 20 heavy (non-hydrogen) atoms. The van der Waals surface area contributed by atoms with E-state index in [1.807, 2.05) is 6.07 Å². The van der Waals surface area contributed by atoms with Crippen LogP contribution in [0.5, 0.6) is 5.75 Å². The van der Waals surface area contributed by atoms with Crippen LogP contribution in [-0.4, -0.2) is 31.1 Å². The summed E-state index contributed by atoms with van der Waals surface area (Å²) in [6.07, 6.45) is 5.29. The number of halogens is 1. The lowest BCUT2D eigenvalue weighted by atomic mass is 10.1. The summed E-state index contributed by atoms with van der Waals surface area (Å²) in [5.74, 6) is 0.814. The molecule has 1 atom stereocenters. The van der Waals surface area contributed by atoms with Crippen LogP contribution in [0.2, 0.25) is 0 Å². The number of methoxy groups -OCH3 is 1. The summed E-state index contributed by atoms with van der Waals surface area (Å²) >= 11 is 0. The molecule has 3 rings (SSSR count). The number of rotatable bonds is 7. The summed E-state index contributed by atoms with van der Waals surface area (Å²) in [7, 11) is 1.47. The molecule has 4 heteroatoms. The molecule has 3 nitrogen and oxygen atoms in total. The predicted molar refractivity (Wildman–Crippen MR) is 77.2 cm³/mol. The molecule has 0 bridgehead atoms. The second-order valence-corrected chi connectivity index (χ2v) is 6.13. The second kappa shape index (κ2) is 5.70. The summed E-state index contributed by atoms with van der Waals surface area (Å²) in [4.78, 5) is 2.50. The van der Waals surface area contributed by atoms with Gasteiger partial charge >= 0.3 is 0 Å². The van der Waals surface area contributed by atoms with E-state index in [-0.39, 0.29) is 17.6 Å². The van der Waals surface area contributed by atoms with Gasteiger partial charge in [-0.1, -0.05) is 6.07 Å². The van der Waals surface area contributed by atoms with Gasteiger partial charge in [-0.25, -0.2) is 4.39 Å². The summed E-state index contributed by atoms with van der Waals surface area (Å²) in [6, 6.07) is 5.62. The van der Waals surface area contributed by atoms with Gasteiger partial charge in [0.05, 0.1) is 7.11 Å². The van der Waals surface area contributed by atoms with Crippen LogP contribution in [-0.2, 0) is 0 Å². The van der Waals surface area contributed by atoms with E-state index < -0.39 is 0 Å². The van der Waals surface area contributed by atoms with Crippen molar-refractivity contribution in [2.75, 3.05) is 20.2 Å². The van der Waals surface area contributed by atoms with Crippen LogP contribution in [0, 0.1) is 11.7 Å². The number of nitrogens with two attached hydrogens (primary N) is 1. The zero-order valence-electron chi connectivity index (χ0n) is 12.0. The standard InChI is InChI=1S/C16H23FN2O/c1-20-16-7-4-12(8-14(16)17)15(18)10-19(13-5-6-13)9-11-2-3-11/h4,7-8,11,13,15H,2-3,5-6,9-10,18H2,1H3. The normalized spacial score (nSPS) is 20.2. The van der Waals surface area contributed by atoms with Crippen molar-refractivity contribution in [3.05, 3.63) is 29.6 Å². The third-order valence-corrected chi connectivity index (χ3v) is 4.29. The fourth-order valence-electron chi connectivity index (χ4n) is 2.72. The highest BCUT2D eigenvalue weighted by Crippen LogP contribution is 2.35. The molecule has 2 N–H and O–H groups in total. The molecule has 1 aromatic carbocycles. The van der Waals surface area contributed by atoms with Crippen molar-refractivity contribution in [1.82, 2.24) is 4.90 Å². The first-order valence-corrected chi connectivity index (χ1v) is 7.50. The maximum Gasteiger partial charge on any atom is 0.165 e. The Hall–Kier alpha value is -1.13. The molecule has 0 amide bonds. The third-order valence-electron chi connectivity index (χ3n) is 4.29. The van der Waals surface area contributed by atoms with Crippen LogP contribution in [0.4, 0.5) is 4.39 Å². The SMILES string of the molecule is COc1ccc(C(N)CN(CC2CC2)C2CC2)cc1F. The van der Waals surface area contributed by atoms with Crippen LogP contribution in [0.25, 0.3) is 0 Å².